The second-order valence-electron chi connectivity index (χ2n) is 2.08. The quantitative estimate of drug-likeness (QED) is 0.715. The Kier molecular flexibility index (Phi) is 3.62. The first kappa shape index (κ1) is 9.29. The summed E-state index contributed by atoms with van der Waals surface area (Å²) in [6.45, 7) is 1.91. The number of thioether (sulfide) groups is 1. The molecule has 5 heteroatoms. The minimum Gasteiger partial charge on any atom is -0.158 e. The van der Waals surface area contributed by atoms with Crippen LogP contribution in [0.5, 0.6) is 0 Å². The average Bonchev–Trinajstić information content (AvgIpc) is 2.37. The molecule has 0 fully saturated rings. The maximum Gasteiger partial charge on any atom is 0.135 e. The maximum absolute atomic E-state index is 5.82. The number of halogens is 1. The molecule has 0 saturated carbocycles. The summed E-state index contributed by atoms with van der Waals surface area (Å²) in [5.41, 5.74) is 0. The molecule has 1 atom stereocenters. The van der Waals surface area contributed by atoms with E-state index in [1.807, 2.05) is 13.2 Å². The minimum atomic E-state index is -0.0110. The van der Waals surface area contributed by atoms with Crippen LogP contribution in [0.3, 0.4) is 0 Å². The monoisotopic (exact) mass is 208 g/mol. The highest BCUT2D eigenvalue weighted by molar-refractivity contribution is 7.97. The maximum atomic E-state index is 5.82. The van der Waals surface area contributed by atoms with Crippen LogP contribution in [-0.4, -0.2) is 16.5 Å². The molecular formula is C6H9ClN2S2. The first-order valence-corrected chi connectivity index (χ1v) is 5.84. The average molecular weight is 209 g/mol. The minimum absolute atomic E-state index is 0.0110. The molecule has 1 aromatic heterocycles. The smallest absolute Gasteiger partial charge is 0.135 e. The number of rotatable bonds is 3. The number of alkyl halides is 1. The Morgan fingerprint density at radius 2 is 2.36 bits per heavy atom. The highest BCUT2D eigenvalue weighted by atomic mass is 35.5. The molecule has 1 rings (SSSR count). The standard InChI is InChI=1S/C6H9ClN2S2/c1-4(7)6-9-8-5(11-6)3-10-2/h4H,3H2,1-2H3. The van der Waals surface area contributed by atoms with Gasteiger partial charge < -0.3 is 0 Å². The molecule has 0 radical (unpaired) electrons. The molecule has 0 bridgehead atoms. The Bertz CT molecular complexity index is 224. The topological polar surface area (TPSA) is 25.8 Å². The highest BCUT2D eigenvalue weighted by Crippen LogP contribution is 2.24. The molecule has 1 heterocycles. The summed E-state index contributed by atoms with van der Waals surface area (Å²) in [7, 11) is 0. The van der Waals surface area contributed by atoms with Crippen molar-refractivity contribution in [2.75, 3.05) is 6.26 Å². The van der Waals surface area contributed by atoms with Crippen molar-refractivity contribution in [3.63, 3.8) is 0 Å². The number of hydrogen-bond donors (Lipinski definition) is 0. The number of aromatic nitrogens is 2. The summed E-state index contributed by atoms with van der Waals surface area (Å²) in [4.78, 5) is 0. The van der Waals surface area contributed by atoms with Crippen molar-refractivity contribution in [1.29, 1.82) is 0 Å². The van der Waals surface area contributed by atoms with Gasteiger partial charge in [-0.15, -0.1) is 21.8 Å². The molecular weight excluding hydrogens is 200 g/mol. The van der Waals surface area contributed by atoms with Crippen LogP contribution < -0.4 is 0 Å². The Hall–Kier alpha value is 0.200. The van der Waals surface area contributed by atoms with Crippen LogP contribution in [0.2, 0.25) is 0 Å². The van der Waals surface area contributed by atoms with Crippen molar-refractivity contribution in [3.05, 3.63) is 10.0 Å². The van der Waals surface area contributed by atoms with E-state index < -0.39 is 0 Å². The van der Waals surface area contributed by atoms with Crippen LogP contribution in [0.1, 0.15) is 22.3 Å². The lowest BCUT2D eigenvalue weighted by molar-refractivity contribution is 0.944. The molecule has 2 nitrogen and oxygen atoms in total. The Labute approximate surface area is 79.4 Å². The summed E-state index contributed by atoms with van der Waals surface area (Å²) >= 11 is 9.15. The van der Waals surface area contributed by atoms with Gasteiger partial charge in [0.25, 0.3) is 0 Å². The van der Waals surface area contributed by atoms with Gasteiger partial charge in [0.1, 0.15) is 10.0 Å². The van der Waals surface area contributed by atoms with Gasteiger partial charge in [0, 0.05) is 5.75 Å². The summed E-state index contributed by atoms with van der Waals surface area (Å²) in [5.74, 6) is 0.932. The second-order valence-corrected chi connectivity index (χ2v) is 4.70. The van der Waals surface area contributed by atoms with E-state index in [0.29, 0.717) is 0 Å². The molecule has 0 N–H and O–H groups in total. The van der Waals surface area contributed by atoms with Crippen molar-refractivity contribution < 1.29 is 0 Å². The molecule has 62 valence electrons. The van der Waals surface area contributed by atoms with Crippen molar-refractivity contribution in [3.8, 4) is 0 Å². The molecule has 0 aliphatic rings. The molecule has 1 aromatic rings. The normalized spacial score (nSPS) is 13.4. The molecule has 0 saturated heterocycles. The number of nitrogens with zero attached hydrogens (tertiary/aromatic N) is 2. The zero-order valence-corrected chi connectivity index (χ0v) is 8.76. The fraction of sp³-hybridized carbons (Fsp3) is 0.667. The third-order valence-corrected chi connectivity index (χ3v) is 3.28. The van der Waals surface area contributed by atoms with Crippen LogP contribution in [0.25, 0.3) is 0 Å². The van der Waals surface area contributed by atoms with E-state index in [1.165, 1.54) is 0 Å². The molecule has 0 aliphatic heterocycles. The molecule has 1 unspecified atom stereocenters. The summed E-state index contributed by atoms with van der Waals surface area (Å²) < 4.78 is 0. The predicted molar refractivity (Wildman–Crippen MR) is 51.4 cm³/mol. The van der Waals surface area contributed by atoms with Gasteiger partial charge in [0.2, 0.25) is 0 Å². The third-order valence-electron chi connectivity index (χ3n) is 1.09. The van der Waals surface area contributed by atoms with Crippen LogP contribution in [0.15, 0.2) is 0 Å². The predicted octanol–water partition coefficient (Wildman–Crippen LogP) is 2.70. The van der Waals surface area contributed by atoms with Crippen molar-refractivity contribution in [2.45, 2.75) is 18.1 Å². The van der Waals surface area contributed by atoms with E-state index in [2.05, 4.69) is 10.2 Å². The fourth-order valence-electron chi connectivity index (χ4n) is 0.609. The Morgan fingerprint density at radius 3 is 2.82 bits per heavy atom. The first-order valence-electron chi connectivity index (χ1n) is 3.19. The van der Waals surface area contributed by atoms with Gasteiger partial charge in [0.15, 0.2) is 0 Å². The van der Waals surface area contributed by atoms with E-state index in [4.69, 9.17) is 11.6 Å². The summed E-state index contributed by atoms with van der Waals surface area (Å²) in [6, 6.07) is 0. The van der Waals surface area contributed by atoms with Gasteiger partial charge in [-0.1, -0.05) is 11.3 Å². The van der Waals surface area contributed by atoms with Crippen molar-refractivity contribution in [1.82, 2.24) is 10.2 Å². The van der Waals surface area contributed by atoms with E-state index in [-0.39, 0.29) is 5.38 Å². The molecule has 0 aromatic carbocycles. The molecule has 11 heavy (non-hydrogen) atoms. The van der Waals surface area contributed by atoms with Gasteiger partial charge in [0.05, 0.1) is 5.38 Å². The Morgan fingerprint density at radius 1 is 1.64 bits per heavy atom. The van der Waals surface area contributed by atoms with Crippen LogP contribution in [-0.2, 0) is 5.75 Å². The molecule has 0 amide bonds. The van der Waals surface area contributed by atoms with Gasteiger partial charge in [-0.3, -0.25) is 0 Å². The zero-order chi connectivity index (χ0) is 8.27. The van der Waals surface area contributed by atoms with E-state index in [9.17, 15) is 0 Å². The van der Waals surface area contributed by atoms with Gasteiger partial charge in [-0.05, 0) is 13.2 Å². The third kappa shape index (κ3) is 2.61. The zero-order valence-electron chi connectivity index (χ0n) is 6.37. The molecule has 0 aliphatic carbocycles. The first-order chi connectivity index (χ1) is 5.24. The SMILES string of the molecule is CSCc1nnc(C(C)Cl)s1. The fourth-order valence-corrected chi connectivity index (χ4v) is 2.25. The van der Waals surface area contributed by atoms with Crippen molar-refractivity contribution in [2.24, 2.45) is 0 Å². The van der Waals surface area contributed by atoms with E-state index in [0.717, 1.165) is 15.8 Å². The van der Waals surface area contributed by atoms with Gasteiger partial charge in [-0.25, -0.2) is 0 Å². The van der Waals surface area contributed by atoms with E-state index >= 15 is 0 Å². The second kappa shape index (κ2) is 4.28. The lowest BCUT2D eigenvalue weighted by atomic mass is 10.5. The highest BCUT2D eigenvalue weighted by Gasteiger charge is 2.07. The lowest BCUT2D eigenvalue weighted by Crippen LogP contribution is -1.81. The Balaban J connectivity index is 2.66. The van der Waals surface area contributed by atoms with Crippen LogP contribution in [0, 0.1) is 0 Å². The lowest BCUT2D eigenvalue weighted by Gasteiger charge is -1.90. The largest absolute Gasteiger partial charge is 0.158 e. The van der Waals surface area contributed by atoms with Crippen molar-refractivity contribution >= 4 is 34.7 Å². The summed E-state index contributed by atoms with van der Waals surface area (Å²) in [5, 5.41) is 9.91. The van der Waals surface area contributed by atoms with E-state index in [1.54, 1.807) is 23.1 Å². The van der Waals surface area contributed by atoms with Crippen LogP contribution in [0.4, 0.5) is 0 Å². The van der Waals surface area contributed by atoms with Crippen LogP contribution >= 0.6 is 34.7 Å². The molecule has 0 spiro atoms. The van der Waals surface area contributed by atoms with Gasteiger partial charge in [-0.2, -0.15) is 11.8 Å². The van der Waals surface area contributed by atoms with Gasteiger partial charge >= 0.3 is 0 Å². The summed E-state index contributed by atoms with van der Waals surface area (Å²) in [6.07, 6.45) is 2.05. The number of hydrogen-bond acceptors (Lipinski definition) is 4.